The molecule has 0 saturated heterocycles. The molecule has 1 N–H and O–H groups in total. The van der Waals surface area contributed by atoms with Crippen molar-refractivity contribution in [1.82, 2.24) is 15.0 Å². The molecule has 1 atom stereocenters. The van der Waals surface area contributed by atoms with E-state index in [9.17, 15) is 9.50 Å². The zero-order valence-corrected chi connectivity index (χ0v) is 10.7. The number of hydrogen-bond acceptors (Lipinski definition) is 3. The summed E-state index contributed by atoms with van der Waals surface area (Å²) in [6, 6.07) is 4.73. The molecule has 0 fully saturated rings. The first kappa shape index (κ1) is 12.2. The maximum atomic E-state index is 13.3. The summed E-state index contributed by atoms with van der Waals surface area (Å²) in [5.74, 6) is -0.339. The maximum absolute atomic E-state index is 13.3. The zero-order valence-electron chi connectivity index (χ0n) is 9.14. The average molecular weight is 300 g/mol. The van der Waals surface area contributed by atoms with Crippen LogP contribution in [0.25, 0.3) is 0 Å². The number of rotatable bonds is 3. The highest BCUT2D eigenvalue weighted by Gasteiger charge is 2.15. The normalized spacial score (nSPS) is 12.7. The first-order valence-corrected chi connectivity index (χ1v) is 5.84. The molecule has 0 aliphatic heterocycles. The molecule has 0 saturated carbocycles. The molecular formula is C11H11BrFN3O. The number of hydrogen-bond donors (Lipinski definition) is 1. The van der Waals surface area contributed by atoms with E-state index in [4.69, 9.17) is 0 Å². The van der Waals surface area contributed by atoms with Gasteiger partial charge in [-0.2, -0.15) is 15.0 Å². The first-order chi connectivity index (χ1) is 8.08. The minimum Gasteiger partial charge on any atom is -0.386 e. The smallest absolute Gasteiger partial charge is 0.137 e. The molecule has 0 aliphatic rings. The zero-order chi connectivity index (χ0) is 12.4. The van der Waals surface area contributed by atoms with Crippen LogP contribution in [0.2, 0.25) is 0 Å². The van der Waals surface area contributed by atoms with Gasteiger partial charge < -0.3 is 5.11 Å². The lowest BCUT2D eigenvalue weighted by Crippen LogP contribution is -2.04. The number of aliphatic hydroxyl groups excluding tert-OH is 1. The highest BCUT2D eigenvalue weighted by atomic mass is 79.9. The molecule has 2 rings (SSSR count). The van der Waals surface area contributed by atoms with E-state index in [2.05, 4.69) is 26.1 Å². The van der Waals surface area contributed by atoms with Crippen molar-refractivity contribution in [3.05, 3.63) is 45.9 Å². The molecule has 0 amide bonds. The molecule has 0 aliphatic carbocycles. The Morgan fingerprint density at radius 1 is 1.53 bits per heavy atom. The lowest BCUT2D eigenvalue weighted by atomic mass is 10.1. The highest BCUT2D eigenvalue weighted by Crippen LogP contribution is 2.25. The molecule has 0 radical (unpaired) electrons. The van der Waals surface area contributed by atoms with Crippen LogP contribution in [-0.2, 0) is 13.5 Å². The van der Waals surface area contributed by atoms with Crippen LogP contribution < -0.4 is 0 Å². The fourth-order valence-corrected chi connectivity index (χ4v) is 1.96. The minimum absolute atomic E-state index is 0.289. The van der Waals surface area contributed by atoms with Crippen LogP contribution in [0.4, 0.5) is 4.39 Å². The number of halogens is 2. The fraction of sp³-hybridized carbons (Fsp3) is 0.273. The molecule has 1 aromatic carbocycles. The van der Waals surface area contributed by atoms with Crippen LogP contribution >= 0.6 is 15.9 Å². The molecule has 90 valence electrons. The predicted octanol–water partition coefficient (Wildman–Crippen LogP) is 1.99. The first-order valence-electron chi connectivity index (χ1n) is 5.05. The SMILES string of the molecule is Cn1ncc(C(O)Cc2cccc(F)c2Br)n1. The van der Waals surface area contributed by atoms with Gasteiger partial charge in [0.2, 0.25) is 0 Å². The fourth-order valence-electron chi connectivity index (χ4n) is 1.53. The summed E-state index contributed by atoms with van der Waals surface area (Å²) in [5.41, 5.74) is 1.17. The molecule has 2 aromatic rings. The van der Waals surface area contributed by atoms with E-state index in [1.54, 1.807) is 19.2 Å². The number of aryl methyl sites for hydroxylation is 1. The van der Waals surface area contributed by atoms with Crippen molar-refractivity contribution in [2.24, 2.45) is 7.05 Å². The van der Waals surface area contributed by atoms with Crippen LogP contribution in [0.1, 0.15) is 17.4 Å². The van der Waals surface area contributed by atoms with Gasteiger partial charge in [-0.15, -0.1) is 0 Å². The van der Waals surface area contributed by atoms with Gasteiger partial charge in [-0.1, -0.05) is 12.1 Å². The van der Waals surface area contributed by atoms with Gasteiger partial charge in [-0.05, 0) is 27.6 Å². The van der Waals surface area contributed by atoms with E-state index < -0.39 is 6.10 Å². The van der Waals surface area contributed by atoms with Gasteiger partial charge in [0.15, 0.2) is 0 Å². The van der Waals surface area contributed by atoms with Gasteiger partial charge in [-0.25, -0.2) is 4.39 Å². The van der Waals surface area contributed by atoms with Gasteiger partial charge >= 0.3 is 0 Å². The third-order valence-corrected chi connectivity index (χ3v) is 3.29. The van der Waals surface area contributed by atoms with E-state index in [1.807, 2.05) is 0 Å². The van der Waals surface area contributed by atoms with Crippen molar-refractivity contribution < 1.29 is 9.50 Å². The van der Waals surface area contributed by atoms with E-state index in [0.29, 0.717) is 15.7 Å². The number of aliphatic hydroxyl groups is 1. The minimum atomic E-state index is -0.790. The van der Waals surface area contributed by atoms with Gasteiger partial charge in [0.1, 0.15) is 17.6 Å². The molecule has 0 spiro atoms. The second kappa shape index (κ2) is 4.93. The lowest BCUT2D eigenvalue weighted by molar-refractivity contribution is 0.172. The molecule has 0 bridgehead atoms. The quantitative estimate of drug-likeness (QED) is 0.943. The number of aromatic nitrogens is 3. The second-order valence-electron chi connectivity index (χ2n) is 3.69. The number of benzene rings is 1. The maximum Gasteiger partial charge on any atom is 0.137 e. The van der Waals surface area contributed by atoms with Crippen LogP contribution in [0.3, 0.4) is 0 Å². The van der Waals surface area contributed by atoms with E-state index in [0.717, 1.165) is 0 Å². The summed E-state index contributed by atoms with van der Waals surface area (Å²) < 4.78 is 13.7. The Hall–Kier alpha value is -1.27. The third-order valence-electron chi connectivity index (χ3n) is 2.40. The van der Waals surface area contributed by atoms with Crippen LogP contribution in [0, 0.1) is 5.82 Å². The predicted molar refractivity (Wildman–Crippen MR) is 63.8 cm³/mol. The van der Waals surface area contributed by atoms with Crippen LogP contribution in [0.5, 0.6) is 0 Å². The van der Waals surface area contributed by atoms with Crippen molar-refractivity contribution in [1.29, 1.82) is 0 Å². The average Bonchev–Trinajstić information content (AvgIpc) is 2.72. The second-order valence-corrected chi connectivity index (χ2v) is 4.48. The van der Waals surface area contributed by atoms with Crippen molar-refractivity contribution >= 4 is 15.9 Å². The number of nitrogens with zero attached hydrogens (tertiary/aromatic N) is 3. The van der Waals surface area contributed by atoms with Crippen molar-refractivity contribution in [2.45, 2.75) is 12.5 Å². The molecule has 1 heterocycles. The topological polar surface area (TPSA) is 50.9 Å². The standard InChI is InChI=1S/C11H11BrFN3O/c1-16-14-6-9(15-16)10(17)5-7-3-2-4-8(13)11(7)12/h2-4,6,10,17H,5H2,1H3. The summed E-state index contributed by atoms with van der Waals surface area (Å²) in [6.07, 6.45) is 0.997. The van der Waals surface area contributed by atoms with Crippen molar-refractivity contribution in [3.8, 4) is 0 Å². The van der Waals surface area contributed by atoms with Gasteiger partial charge in [-0.3, -0.25) is 0 Å². The Balaban J connectivity index is 2.18. The Morgan fingerprint density at radius 3 is 2.94 bits per heavy atom. The molecular weight excluding hydrogens is 289 g/mol. The molecule has 1 aromatic heterocycles. The Kier molecular flexibility index (Phi) is 3.54. The largest absolute Gasteiger partial charge is 0.386 e. The Labute approximate surface area is 106 Å². The molecule has 4 nitrogen and oxygen atoms in total. The van der Waals surface area contributed by atoms with E-state index >= 15 is 0 Å². The van der Waals surface area contributed by atoms with E-state index in [1.165, 1.54) is 17.1 Å². The highest BCUT2D eigenvalue weighted by molar-refractivity contribution is 9.10. The van der Waals surface area contributed by atoms with Crippen molar-refractivity contribution in [3.63, 3.8) is 0 Å². The van der Waals surface area contributed by atoms with Gasteiger partial charge in [0.25, 0.3) is 0 Å². The molecule has 17 heavy (non-hydrogen) atoms. The van der Waals surface area contributed by atoms with Crippen molar-refractivity contribution in [2.75, 3.05) is 0 Å². The molecule has 6 heteroatoms. The lowest BCUT2D eigenvalue weighted by Gasteiger charge is -2.09. The van der Waals surface area contributed by atoms with Crippen LogP contribution in [0.15, 0.2) is 28.9 Å². The summed E-state index contributed by atoms with van der Waals surface area (Å²) in [4.78, 5) is 1.37. The van der Waals surface area contributed by atoms with Gasteiger partial charge in [0, 0.05) is 13.5 Å². The van der Waals surface area contributed by atoms with Gasteiger partial charge in [0.05, 0.1) is 10.7 Å². The third kappa shape index (κ3) is 2.70. The van der Waals surface area contributed by atoms with Crippen LogP contribution in [-0.4, -0.2) is 20.1 Å². The molecule has 1 unspecified atom stereocenters. The Morgan fingerprint density at radius 2 is 2.29 bits per heavy atom. The summed E-state index contributed by atoms with van der Waals surface area (Å²) in [7, 11) is 1.67. The van der Waals surface area contributed by atoms with E-state index in [-0.39, 0.29) is 12.2 Å². The summed E-state index contributed by atoms with van der Waals surface area (Å²) in [5, 5.41) is 17.8. The Bertz CT molecular complexity index is 529. The summed E-state index contributed by atoms with van der Waals surface area (Å²) >= 11 is 3.16. The monoisotopic (exact) mass is 299 g/mol. The summed E-state index contributed by atoms with van der Waals surface area (Å²) in [6.45, 7) is 0.